The van der Waals surface area contributed by atoms with Crippen molar-refractivity contribution in [1.29, 1.82) is 0 Å². The van der Waals surface area contributed by atoms with Gasteiger partial charge in [0.05, 0.1) is 12.2 Å². The van der Waals surface area contributed by atoms with Crippen LogP contribution in [-0.2, 0) is 9.47 Å². The Labute approximate surface area is 257 Å². The first-order valence-electron chi connectivity index (χ1n) is 18.0. The minimum absolute atomic E-state index is 0.201. The van der Waals surface area contributed by atoms with Crippen molar-refractivity contribution in [3.63, 3.8) is 0 Å². The Hall–Kier alpha value is 0.500. The summed E-state index contributed by atoms with van der Waals surface area (Å²) < 4.78 is 11.9. The summed E-state index contributed by atoms with van der Waals surface area (Å²) in [6.45, 7) is 6.48. The average molecular weight is 598 g/mol. The Kier molecular flexibility index (Phi) is 11.6. The Bertz CT molecular complexity index is 676. The largest absolute Gasteiger partial charge is 0.378 e. The van der Waals surface area contributed by atoms with Gasteiger partial charge in [-0.25, -0.2) is 0 Å². The Morgan fingerprint density at radius 1 is 0.500 bits per heavy atom. The third-order valence-electron chi connectivity index (χ3n) is 13.0. The first-order chi connectivity index (χ1) is 19.4. The summed E-state index contributed by atoms with van der Waals surface area (Å²) in [4.78, 5) is 0. The molecule has 0 radical (unpaired) electrons. The van der Waals surface area contributed by atoms with Crippen LogP contribution >= 0.6 is 23.2 Å². The highest BCUT2D eigenvalue weighted by Gasteiger charge is 2.72. The number of hydrogen-bond acceptors (Lipinski definition) is 2. The molecule has 4 heteroatoms. The molecule has 5 aliphatic rings. The van der Waals surface area contributed by atoms with Crippen LogP contribution in [0.25, 0.3) is 0 Å². The number of hydrogen-bond donors (Lipinski definition) is 0. The molecular formula is C36H62Cl2O2. The van der Waals surface area contributed by atoms with Crippen LogP contribution in [0, 0.1) is 34.5 Å². The predicted molar refractivity (Wildman–Crippen MR) is 170 cm³/mol. The van der Waals surface area contributed by atoms with Gasteiger partial charge in [0, 0.05) is 24.0 Å². The van der Waals surface area contributed by atoms with Crippen LogP contribution < -0.4 is 0 Å². The van der Waals surface area contributed by atoms with Crippen molar-refractivity contribution in [2.45, 2.75) is 178 Å². The van der Waals surface area contributed by atoms with E-state index in [0.717, 1.165) is 36.9 Å². The fourth-order valence-electron chi connectivity index (χ4n) is 10.3. The number of halogens is 2. The van der Waals surface area contributed by atoms with Gasteiger partial charge in [0.2, 0.25) is 0 Å². The quantitative estimate of drug-likeness (QED) is 0.165. The van der Waals surface area contributed by atoms with Gasteiger partial charge in [0.25, 0.3) is 0 Å². The molecule has 232 valence electrons. The summed E-state index contributed by atoms with van der Waals surface area (Å²) in [6, 6.07) is 0. The molecule has 0 atom stereocenters. The molecule has 5 aliphatic carbocycles. The van der Waals surface area contributed by atoms with E-state index >= 15 is 0 Å². The van der Waals surface area contributed by atoms with Gasteiger partial charge in [0.15, 0.2) is 0 Å². The maximum absolute atomic E-state index is 7.45. The molecule has 0 bridgehead atoms. The normalized spacial score (nSPS) is 41.7. The van der Waals surface area contributed by atoms with Gasteiger partial charge in [0.1, 0.15) is 4.33 Å². The number of unbranched alkanes of at least 4 members (excludes halogenated alkanes) is 4. The second-order valence-corrected chi connectivity index (χ2v) is 16.5. The number of alkyl halides is 2. The molecule has 5 fully saturated rings. The van der Waals surface area contributed by atoms with Gasteiger partial charge < -0.3 is 9.47 Å². The second-order valence-electron chi connectivity index (χ2n) is 15.2. The van der Waals surface area contributed by atoms with Crippen molar-refractivity contribution in [3.05, 3.63) is 0 Å². The van der Waals surface area contributed by atoms with Crippen molar-refractivity contribution >= 4 is 23.2 Å². The molecule has 0 heterocycles. The lowest BCUT2D eigenvalue weighted by atomic mass is 9.42. The molecule has 0 N–H and O–H groups in total. The van der Waals surface area contributed by atoms with Crippen molar-refractivity contribution < 1.29 is 9.47 Å². The first-order valence-corrected chi connectivity index (χ1v) is 18.8. The van der Waals surface area contributed by atoms with Gasteiger partial charge in [-0.3, -0.25) is 0 Å². The molecule has 5 rings (SSSR count). The van der Waals surface area contributed by atoms with E-state index in [0.29, 0.717) is 12.2 Å². The standard InChI is InChI=1S/C36H62Cl2O2/c1-3-5-7-25-39-32-13-9-28(10-14-32)30-17-21-34(22-18-30)27-35(36(34,37)38)23-19-31(20-24-35)29-11-15-33(16-12-29)40-26-8-6-4-2/h28-33H,3-27H2,1-2H3. The number of rotatable bonds is 12. The summed E-state index contributed by atoms with van der Waals surface area (Å²) in [6.07, 6.45) is 31.2. The van der Waals surface area contributed by atoms with Gasteiger partial charge in [-0.1, -0.05) is 39.5 Å². The molecule has 0 aliphatic heterocycles. The van der Waals surface area contributed by atoms with E-state index in [9.17, 15) is 0 Å². The zero-order valence-electron chi connectivity index (χ0n) is 26.2. The summed E-state index contributed by atoms with van der Waals surface area (Å²) in [5.74, 6) is 3.62. The lowest BCUT2D eigenvalue weighted by molar-refractivity contribution is -0.123. The van der Waals surface area contributed by atoms with E-state index in [2.05, 4.69) is 13.8 Å². The van der Waals surface area contributed by atoms with Crippen LogP contribution in [0.4, 0.5) is 0 Å². The van der Waals surface area contributed by atoms with E-state index in [4.69, 9.17) is 32.7 Å². The molecule has 0 aromatic rings. The van der Waals surface area contributed by atoms with Crippen LogP contribution in [0.5, 0.6) is 0 Å². The molecular weight excluding hydrogens is 535 g/mol. The van der Waals surface area contributed by atoms with Crippen LogP contribution in [0.15, 0.2) is 0 Å². The van der Waals surface area contributed by atoms with Gasteiger partial charge in [-0.05, 0) is 146 Å². The highest BCUT2D eigenvalue weighted by Crippen LogP contribution is 2.77. The van der Waals surface area contributed by atoms with E-state index in [1.807, 2.05) is 0 Å². The average Bonchev–Trinajstić information content (AvgIpc) is 2.99. The van der Waals surface area contributed by atoms with Crippen LogP contribution in [0.1, 0.15) is 162 Å². The molecule has 2 spiro atoms. The van der Waals surface area contributed by atoms with Gasteiger partial charge >= 0.3 is 0 Å². The molecule has 0 amide bonds. The van der Waals surface area contributed by atoms with E-state index in [-0.39, 0.29) is 10.8 Å². The lowest BCUT2D eigenvalue weighted by Gasteiger charge is -2.69. The Morgan fingerprint density at radius 3 is 1.18 bits per heavy atom. The van der Waals surface area contributed by atoms with E-state index in [1.165, 1.54) is 148 Å². The molecule has 40 heavy (non-hydrogen) atoms. The Morgan fingerprint density at radius 2 is 0.850 bits per heavy atom. The smallest absolute Gasteiger partial charge is 0.129 e. The van der Waals surface area contributed by atoms with Crippen LogP contribution in [-0.4, -0.2) is 29.8 Å². The monoisotopic (exact) mass is 596 g/mol. The Balaban J connectivity index is 1.01. The predicted octanol–water partition coefficient (Wildman–Crippen LogP) is 11.4. The summed E-state index contributed by atoms with van der Waals surface area (Å²) in [7, 11) is 0. The minimum atomic E-state index is -0.496. The fourth-order valence-corrected chi connectivity index (χ4v) is 11.3. The minimum Gasteiger partial charge on any atom is -0.378 e. The fraction of sp³-hybridized carbons (Fsp3) is 1.00. The second kappa shape index (κ2) is 14.5. The zero-order chi connectivity index (χ0) is 28.1. The zero-order valence-corrected chi connectivity index (χ0v) is 27.7. The lowest BCUT2D eigenvalue weighted by Crippen LogP contribution is -2.66. The van der Waals surface area contributed by atoms with E-state index < -0.39 is 4.33 Å². The van der Waals surface area contributed by atoms with Gasteiger partial charge in [-0.15, -0.1) is 23.2 Å². The highest BCUT2D eigenvalue weighted by molar-refractivity contribution is 6.50. The first kappa shape index (κ1) is 31.9. The van der Waals surface area contributed by atoms with Crippen LogP contribution in [0.2, 0.25) is 0 Å². The molecule has 0 unspecified atom stereocenters. The van der Waals surface area contributed by atoms with Crippen molar-refractivity contribution in [1.82, 2.24) is 0 Å². The highest BCUT2D eigenvalue weighted by atomic mass is 35.5. The maximum atomic E-state index is 7.45. The molecule has 2 nitrogen and oxygen atoms in total. The summed E-state index contributed by atoms with van der Waals surface area (Å²) in [5.41, 5.74) is 0.401. The molecule has 0 saturated heterocycles. The number of ether oxygens (including phenoxy) is 2. The molecule has 0 aromatic carbocycles. The summed E-state index contributed by atoms with van der Waals surface area (Å²) >= 11 is 14.9. The summed E-state index contributed by atoms with van der Waals surface area (Å²) in [5, 5.41) is 0. The van der Waals surface area contributed by atoms with Crippen molar-refractivity contribution in [3.8, 4) is 0 Å². The topological polar surface area (TPSA) is 18.5 Å². The third-order valence-corrected chi connectivity index (χ3v) is 14.6. The van der Waals surface area contributed by atoms with Crippen LogP contribution in [0.3, 0.4) is 0 Å². The van der Waals surface area contributed by atoms with Crippen molar-refractivity contribution in [2.24, 2.45) is 34.5 Å². The maximum Gasteiger partial charge on any atom is 0.129 e. The SMILES string of the molecule is CCCCCOC1CCC(C2CCC3(CC2)CC2(CCC(C4CCC(OCCCCC)CC4)CC2)C3(Cl)Cl)CC1. The third kappa shape index (κ3) is 6.91. The molecule has 5 saturated carbocycles. The van der Waals surface area contributed by atoms with E-state index in [1.54, 1.807) is 0 Å². The van der Waals surface area contributed by atoms with Crippen molar-refractivity contribution in [2.75, 3.05) is 13.2 Å². The molecule has 0 aromatic heterocycles. The van der Waals surface area contributed by atoms with Gasteiger partial charge in [-0.2, -0.15) is 0 Å².